The van der Waals surface area contributed by atoms with Gasteiger partial charge in [0.25, 0.3) is 0 Å². The SMILES string of the molecule is COCCc1ccc(OCCNCC2CCCC2)cc1. The van der Waals surface area contributed by atoms with Crippen LogP contribution in [0.3, 0.4) is 0 Å². The molecule has 1 saturated carbocycles. The molecule has 0 aliphatic heterocycles. The van der Waals surface area contributed by atoms with Crippen molar-refractivity contribution in [2.24, 2.45) is 5.92 Å². The molecule has 1 N–H and O–H groups in total. The van der Waals surface area contributed by atoms with Gasteiger partial charge in [0.2, 0.25) is 0 Å². The second kappa shape index (κ2) is 8.98. The lowest BCUT2D eigenvalue weighted by Crippen LogP contribution is -2.26. The standard InChI is InChI=1S/C17H27NO2/c1-19-12-10-15-6-8-17(9-7-15)20-13-11-18-14-16-4-2-3-5-16/h6-9,16,18H,2-5,10-14H2,1H3. The second-order valence-corrected chi connectivity index (χ2v) is 5.59. The summed E-state index contributed by atoms with van der Waals surface area (Å²) < 4.78 is 10.8. The highest BCUT2D eigenvalue weighted by Crippen LogP contribution is 2.23. The number of nitrogens with one attached hydrogen (secondary N) is 1. The third kappa shape index (κ3) is 5.51. The Kier molecular flexibility index (Phi) is 6.89. The van der Waals surface area contributed by atoms with Crippen LogP contribution in [-0.2, 0) is 11.2 Å². The second-order valence-electron chi connectivity index (χ2n) is 5.59. The minimum atomic E-state index is 0.740. The van der Waals surface area contributed by atoms with Gasteiger partial charge in [-0.05, 0) is 49.4 Å². The molecule has 112 valence electrons. The van der Waals surface area contributed by atoms with Crippen LogP contribution in [0.5, 0.6) is 5.75 Å². The van der Waals surface area contributed by atoms with Gasteiger partial charge in [0.15, 0.2) is 0 Å². The van der Waals surface area contributed by atoms with Gasteiger partial charge in [0.1, 0.15) is 12.4 Å². The molecule has 0 radical (unpaired) electrons. The first-order valence-electron chi connectivity index (χ1n) is 7.80. The summed E-state index contributed by atoms with van der Waals surface area (Å²) in [6.07, 6.45) is 6.59. The van der Waals surface area contributed by atoms with Gasteiger partial charge >= 0.3 is 0 Å². The molecule has 0 atom stereocenters. The van der Waals surface area contributed by atoms with Gasteiger partial charge in [-0.2, -0.15) is 0 Å². The third-order valence-electron chi connectivity index (χ3n) is 3.97. The Morgan fingerprint density at radius 3 is 2.55 bits per heavy atom. The quantitative estimate of drug-likeness (QED) is 0.704. The minimum absolute atomic E-state index is 0.740. The van der Waals surface area contributed by atoms with Gasteiger partial charge in [0, 0.05) is 13.7 Å². The fraction of sp³-hybridized carbons (Fsp3) is 0.647. The normalized spacial score (nSPS) is 15.7. The summed E-state index contributed by atoms with van der Waals surface area (Å²) >= 11 is 0. The summed E-state index contributed by atoms with van der Waals surface area (Å²) in [4.78, 5) is 0. The first-order chi connectivity index (χ1) is 9.88. The molecule has 0 amide bonds. The van der Waals surface area contributed by atoms with Crippen LogP contribution in [0.4, 0.5) is 0 Å². The Balaban J connectivity index is 1.56. The number of hydrogen-bond acceptors (Lipinski definition) is 3. The highest BCUT2D eigenvalue weighted by atomic mass is 16.5. The van der Waals surface area contributed by atoms with E-state index in [1.807, 2.05) is 12.1 Å². The summed E-state index contributed by atoms with van der Waals surface area (Å²) in [5.74, 6) is 1.85. The molecule has 1 aliphatic rings. The predicted octanol–water partition coefficient (Wildman–Crippen LogP) is 3.03. The van der Waals surface area contributed by atoms with Gasteiger partial charge in [-0.1, -0.05) is 25.0 Å². The van der Waals surface area contributed by atoms with Crippen LogP contribution in [0.15, 0.2) is 24.3 Å². The smallest absolute Gasteiger partial charge is 0.119 e. The van der Waals surface area contributed by atoms with Crippen molar-refractivity contribution in [3.63, 3.8) is 0 Å². The van der Waals surface area contributed by atoms with Crippen molar-refractivity contribution in [3.05, 3.63) is 29.8 Å². The van der Waals surface area contributed by atoms with E-state index < -0.39 is 0 Å². The van der Waals surface area contributed by atoms with Gasteiger partial charge in [-0.3, -0.25) is 0 Å². The van der Waals surface area contributed by atoms with E-state index in [2.05, 4.69) is 17.4 Å². The molecule has 0 aromatic heterocycles. The molecule has 1 aliphatic carbocycles. The first-order valence-corrected chi connectivity index (χ1v) is 7.80. The van der Waals surface area contributed by atoms with Crippen LogP contribution in [0.1, 0.15) is 31.2 Å². The monoisotopic (exact) mass is 277 g/mol. The molecule has 1 fully saturated rings. The van der Waals surface area contributed by atoms with E-state index in [0.29, 0.717) is 0 Å². The number of rotatable bonds is 9. The highest BCUT2D eigenvalue weighted by Gasteiger charge is 2.13. The summed E-state index contributed by atoms with van der Waals surface area (Å²) in [6.45, 7) is 3.59. The van der Waals surface area contributed by atoms with E-state index in [-0.39, 0.29) is 0 Å². The zero-order chi connectivity index (χ0) is 14.0. The summed E-state index contributed by atoms with van der Waals surface area (Å²) in [7, 11) is 1.73. The fourth-order valence-corrected chi connectivity index (χ4v) is 2.73. The van der Waals surface area contributed by atoms with E-state index in [4.69, 9.17) is 9.47 Å². The summed E-state index contributed by atoms with van der Waals surface area (Å²) in [6, 6.07) is 8.31. The Morgan fingerprint density at radius 1 is 1.10 bits per heavy atom. The molecule has 0 unspecified atom stereocenters. The molecule has 0 saturated heterocycles. The molecule has 3 heteroatoms. The van der Waals surface area contributed by atoms with E-state index in [1.165, 1.54) is 31.2 Å². The molecule has 3 nitrogen and oxygen atoms in total. The van der Waals surface area contributed by atoms with E-state index in [0.717, 1.165) is 44.4 Å². The Bertz CT molecular complexity index is 358. The topological polar surface area (TPSA) is 30.5 Å². The van der Waals surface area contributed by atoms with Gasteiger partial charge < -0.3 is 14.8 Å². The van der Waals surface area contributed by atoms with E-state index >= 15 is 0 Å². The van der Waals surface area contributed by atoms with Gasteiger partial charge in [-0.25, -0.2) is 0 Å². The van der Waals surface area contributed by atoms with Crippen LogP contribution in [0, 0.1) is 5.92 Å². The van der Waals surface area contributed by atoms with Gasteiger partial charge in [0.05, 0.1) is 6.61 Å². The van der Waals surface area contributed by atoms with Crippen molar-refractivity contribution < 1.29 is 9.47 Å². The van der Waals surface area contributed by atoms with E-state index in [1.54, 1.807) is 7.11 Å². The average molecular weight is 277 g/mol. The largest absolute Gasteiger partial charge is 0.492 e. The van der Waals surface area contributed by atoms with Crippen LogP contribution >= 0.6 is 0 Å². The minimum Gasteiger partial charge on any atom is -0.492 e. The molecule has 1 aromatic carbocycles. The molecule has 20 heavy (non-hydrogen) atoms. The lowest BCUT2D eigenvalue weighted by molar-refractivity contribution is 0.202. The predicted molar refractivity (Wildman–Crippen MR) is 82.3 cm³/mol. The van der Waals surface area contributed by atoms with Crippen molar-refractivity contribution in [2.75, 3.05) is 33.4 Å². The molecule has 1 aromatic rings. The molecule has 0 bridgehead atoms. The molecule has 0 spiro atoms. The van der Waals surface area contributed by atoms with Crippen molar-refractivity contribution in [2.45, 2.75) is 32.1 Å². The van der Waals surface area contributed by atoms with Crippen molar-refractivity contribution in [1.82, 2.24) is 5.32 Å². The average Bonchev–Trinajstić information content (AvgIpc) is 2.99. The van der Waals surface area contributed by atoms with Crippen molar-refractivity contribution in [3.8, 4) is 5.75 Å². The van der Waals surface area contributed by atoms with Crippen LogP contribution in [0.25, 0.3) is 0 Å². The number of ether oxygens (including phenoxy) is 2. The zero-order valence-electron chi connectivity index (χ0n) is 12.6. The Morgan fingerprint density at radius 2 is 1.85 bits per heavy atom. The lowest BCUT2D eigenvalue weighted by Gasteiger charge is -2.11. The third-order valence-corrected chi connectivity index (χ3v) is 3.97. The van der Waals surface area contributed by atoms with Gasteiger partial charge in [-0.15, -0.1) is 0 Å². The molecule has 2 rings (SSSR count). The number of benzene rings is 1. The number of hydrogen-bond donors (Lipinski definition) is 1. The van der Waals surface area contributed by atoms with Crippen LogP contribution < -0.4 is 10.1 Å². The van der Waals surface area contributed by atoms with Crippen molar-refractivity contribution >= 4 is 0 Å². The Hall–Kier alpha value is -1.06. The maximum Gasteiger partial charge on any atom is 0.119 e. The Labute approximate surface area is 122 Å². The molecular weight excluding hydrogens is 250 g/mol. The zero-order valence-corrected chi connectivity index (χ0v) is 12.6. The lowest BCUT2D eigenvalue weighted by atomic mass is 10.1. The summed E-state index contributed by atoms with van der Waals surface area (Å²) in [5, 5.41) is 3.50. The maximum absolute atomic E-state index is 5.74. The maximum atomic E-state index is 5.74. The summed E-state index contributed by atoms with van der Waals surface area (Å²) in [5.41, 5.74) is 1.29. The van der Waals surface area contributed by atoms with Crippen LogP contribution in [-0.4, -0.2) is 33.4 Å². The van der Waals surface area contributed by atoms with Crippen LogP contribution in [0.2, 0.25) is 0 Å². The first kappa shape index (κ1) is 15.3. The van der Waals surface area contributed by atoms with Crippen molar-refractivity contribution in [1.29, 1.82) is 0 Å². The van der Waals surface area contributed by atoms with E-state index in [9.17, 15) is 0 Å². The molecule has 0 heterocycles. The molecular formula is C17H27NO2. The highest BCUT2D eigenvalue weighted by molar-refractivity contribution is 5.27. The number of methoxy groups -OCH3 is 1. The fourth-order valence-electron chi connectivity index (χ4n) is 2.73.